The third kappa shape index (κ3) is 4.86. The van der Waals surface area contributed by atoms with Gasteiger partial charge in [-0.1, -0.05) is 13.8 Å². The molecule has 0 spiro atoms. The molecule has 1 atom stereocenters. The van der Waals surface area contributed by atoms with Gasteiger partial charge in [-0.15, -0.1) is 0 Å². The molecule has 1 fully saturated rings. The van der Waals surface area contributed by atoms with Crippen molar-refractivity contribution in [3.8, 4) is 0 Å². The summed E-state index contributed by atoms with van der Waals surface area (Å²) in [5, 5.41) is 0. The van der Waals surface area contributed by atoms with Crippen LogP contribution in [0.5, 0.6) is 0 Å². The summed E-state index contributed by atoms with van der Waals surface area (Å²) in [6.45, 7) is 7.97. The Kier molecular flexibility index (Phi) is 6.55. The third-order valence-corrected chi connectivity index (χ3v) is 5.33. The summed E-state index contributed by atoms with van der Waals surface area (Å²) in [7, 11) is 0. The molecule has 0 radical (unpaired) electrons. The highest BCUT2D eigenvalue weighted by Gasteiger charge is 2.26. The predicted octanol–water partition coefficient (Wildman–Crippen LogP) is 2.28. The molecule has 0 amide bonds. The largest absolute Gasteiger partial charge is 0.329 e. The van der Waals surface area contributed by atoms with Crippen molar-refractivity contribution in [1.29, 1.82) is 0 Å². The first kappa shape index (κ1) is 14.7. The zero-order valence-electron chi connectivity index (χ0n) is 10.9. The molecule has 0 saturated carbocycles. The zero-order valence-corrected chi connectivity index (χ0v) is 12.5. The first-order valence-electron chi connectivity index (χ1n) is 6.16. The highest BCUT2D eigenvalue weighted by atomic mass is 32.2. The SMILES string of the molecule is CSCCC(CN)N1CCSC(C)(C)CC1. The molecule has 2 nitrogen and oxygen atoms in total. The molecule has 4 heteroatoms. The lowest BCUT2D eigenvalue weighted by Crippen LogP contribution is -2.42. The van der Waals surface area contributed by atoms with Gasteiger partial charge in [-0.3, -0.25) is 4.90 Å². The average Bonchev–Trinajstić information content (AvgIpc) is 2.41. The van der Waals surface area contributed by atoms with Gasteiger partial charge in [0.2, 0.25) is 0 Å². The molecule has 2 N–H and O–H groups in total. The van der Waals surface area contributed by atoms with Crippen molar-refractivity contribution in [3.63, 3.8) is 0 Å². The number of rotatable bonds is 5. The predicted molar refractivity (Wildman–Crippen MR) is 78.6 cm³/mol. The van der Waals surface area contributed by atoms with E-state index in [0.29, 0.717) is 10.8 Å². The fourth-order valence-corrected chi connectivity index (χ4v) is 3.73. The highest BCUT2D eigenvalue weighted by molar-refractivity contribution is 8.00. The van der Waals surface area contributed by atoms with Crippen molar-refractivity contribution in [2.24, 2.45) is 5.73 Å². The Morgan fingerprint density at radius 1 is 1.44 bits per heavy atom. The number of thioether (sulfide) groups is 2. The Labute approximate surface area is 109 Å². The van der Waals surface area contributed by atoms with Gasteiger partial charge < -0.3 is 5.73 Å². The standard InChI is InChI=1S/C12H26N2S2/c1-12(2)5-6-14(7-9-16-12)11(10-13)4-8-15-3/h11H,4-10,13H2,1-3H3. The maximum atomic E-state index is 5.91. The summed E-state index contributed by atoms with van der Waals surface area (Å²) in [5.41, 5.74) is 5.91. The molecule has 0 aromatic heterocycles. The van der Waals surface area contributed by atoms with E-state index < -0.39 is 0 Å². The van der Waals surface area contributed by atoms with Crippen LogP contribution in [0.15, 0.2) is 0 Å². The van der Waals surface area contributed by atoms with E-state index in [9.17, 15) is 0 Å². The maximum Gasteiger partial charge on any atom is 0.0226 e. The Morgan fingerprint density at radius 3 is 2.81 bits per heavy atom. The molecule has 1 saturated heterocycles. The van der Waals surface area contributed by atoms with Crippen LogP contribution in [0.4, 0.5) is 0 Å². The van der Waals surface area contributed by atoms with Crippen LogP contribution in [0.1, 0.15) is 26.7 Å². The first-order chi connectivity index (χ1) is 7.59. The van der Waals surface area contributed by atoms with E-state index in [2.05, 4.69) is 36.8 Å². The summed E-state index contributed by atoms with van der Waals surface area (Å²) in [4.78, 5) is 2.61. The van der Waals surface area contributed by atoms with E-state index in [4.69, 9.17) is 5.73 Å². The normalized spacial score (nSPS) is 24.0. The molecule has 1 unspecified atom stereocenters. The molecule has 1 aliphatic rings. The lowest BCUT2D eigenvalue weighted by molar-refractivity contribution is 0.205. The minimum Gasteiger partial charge on any atom is -0.329 e. The fraction of sp³-hybridized carbons (Fsp3) is 1.00. The van der Waals surface area contributed by atoms with E-state index in [1.165, 1.54) is 37.4 Å². The summed E-state index contributed by atoms with van der Waals surface area (Å²) in [5.74, 6) is 2.48. The first-order valence-corrected chi connectivity index (χ1v) is 8.54. The van der Waals surface area contributed by atoms with E-state index in [0.717, 1.165) is 6.54 Å². The Hall–Kier alpha value is 0.620. The van der Waals surface area contributed by atoms with Crippen molar-refractivity contribution < 1.29 is 0 Å². The molecule has 16 heavy (non-hydrogen) atoms. The third-order valence-electron chi connectivity index (χ3n) is 3.32. The summed E-state index contributed by atoms with van der Waals surface area (Å²) in [6, 6.07) is 0.599. The second kappa shape index (κ2) is 7.14. The summed E-state index contributed by atoms with van der Waals surface area (Å²) >= 11 is 4.04. The number of hydrogen-bond donors (Lipinski definition) is 1. The van der Waals surface area contributed by atoms with Crippen LogP contribution in [-0.2, 0) is 0 Å². The number of nitrogens with zero attached hydrogens (tertiary/aromatic N) is 1. The van der Waals surface area contributed by atoms with Crippen molar-refractivity contribution in [1.82, 2.24) is 4.90 Å². The monoisotopic (exact) mass is 262 g/mol. The molecule has 0 bridgehead atoms. The number of nitrogens with two attached hydrogens (primary N) is 1. The molecule has 1 rings (SSSR count). The second-order valence-corrected chi connectivity index (χ2v) is 7.85. The molecular formula is C12H26N2S2. The lowest BCUT2D eigenvalue weighted by Gasteiger charge is -2.30. The van der Waals surface area contributed by atoms with Crippen molar-refractivity contribution >= 4 is 23.5 Å². The molecule has 1 aliphatic heterocycles. The van der Waals surface area contributed by atoms with E-state index in [-0.39, 0.29) is 0 Å². The van der Waals surface area contributed by atoms with Crippen LogP contribution in [0.25, 0.3) is 0 Å². The molecule has 96 valence electrons. The van der Waals surface area contributed by atoms with Crippen LogP contribution in [-0.4, -0.2) is 53.1 Å². The van der Waals surface area contributed by atoms with Crippen LogP contribution < -0.4 is 5.73 Å². The Morgan fingerprint density at radius 2 is 2.19 bits per heavy atom. The van der Waals surface area contributed by atoms with Gasteiger partial charge in [-0.2, -0.15) is 23.5 Å². The molecule has 0 aliphatic carbocycles. The molecule has 0 aromatic rings. The van der Waals surface area contributed by atoms with Gasteiger partial charge in [0.25, 0.3) is 0 Å². The Bertz CT molecular complexity index is 197. The van der Waals surface area contributed by atoms with Gasteiger partial charge in [0.1, 0.15) is 0 Å². The Balaban J connectivity index is 2.44. The van der Waals surface area contributed by atoms with E-state index in [1.807, 2.05) is 11.8 Å². The molecule has 0 aromatic carbocycles. The van der Waals surface area contributed by atoms with Crippen LogP contribution in [0, 0.1) is 0 Å². The summed E-state index contributed by atoms with van der Waals surface area (Å²) < 4.78 is 0.452. The smallest absolute Gasteiger partial charge is 0.0226 e. The van der Waals surface area contributed by atoms with Gasteiger partial charge in [0.15, 0.2) is 0 Å². The van der Waals surface area contributed by atoms with Gasteiger partial charge >= 0.3 is 0 Å². The van der Waals surface area contributed by atoms with Crippen molar-refractivity contribution in [3.05, 3.63) is 0 Å². The van der Waals surface area contributed by atoms with Crippen molar-refractivity contribution in [2.45, 2.75) is 37.5 Å². The maximum absolute atomic E-state index is 5.91. The van der Waals surface area contributed by atoms with Gasteiger partial charge in [-0.05, 0) is 31.4 Å². The quantitative estimate of drug-likeness (QED) is 0.823. The molecular weight excluding hydrogens is 236 g/mol. The summed E-state index contributed by atoms with van der Waals surface area (Å²) in [6.07, 6.45) is 4.70. The van der Waals surface area contributed by atoms with Gasteiger partial charge in [0.05, 0.1) is 0 Å². The fourth-order valence-electron chi connectivity index (χ4n) is 2.10. The van der Waals surface area contributed by atoms with Crippen LogP contribution >= 0.6 is 23.5 Å². The van der Waals surface area contributed by atoms with Crippen LogP contribution in [0.2, 0.25) is 0 Å². The number of hydrogen-bond acceptors (Lipinski definition) is 4. The van der Waals surface area contributed by atoms with Gasteiger partial charge in [0, 0.05) is 29.6 Å². The van der Waals surface area contributed by atoms with E-state index >= 15 is 0 Å². The average molecular weight is 262 g/mol. The van der Waals surface area contributed by atoms with E-state index in [1.54, 1.807) is 0 Å². The van der Waals surface area contributed by atoms with Gasteiger partial charge in [-0.25, -0.2) is 0 Å². The lowest BCUT2D eigenvalue weighted by atomic mass is 10.1. The van der Waals surface area contributed by atoms with Crippen molar-refractivity contribution in [2.75, 3.05) is 37.4 Å². The topological polar surface area (TPSA) is 29.3 Å². The highest BCUT2D eigenvalue weighted by Crippen LogP contribution is 2.31. The zero-order chi connectivity index (χ0) is 12.0. The second-order valence-electron chi connectivity index (χ2n) is 5.07. The van der Waals surface area contributed by atoms with Crippen LogP contribution in [0.3, 0.4) is 0 Å². The minimum atomic E-state index is 0.452. The molecule has 1 heterocycles. The minimum absolute atomic E-state index is 0.452.